The maximum atomic E-state index is 12.0. The van der Waals surface area contributed by atoms with E-state index in [1.165, 1.54) is 0 Å². The Morgan fingerprint density at radius 2 is 2.00 bits per heavy atom. The van der Waals surface area contributed by atoms with Crippen LogP contribution in [0.15, 0.2) is 0 Å². The number of hydrogen-bond donors (Lipinski definition) is 1. The van der Waals surface area contributed by atoms with Gasteiger partial charge in [-0.1, -0.05) is 0 Å². The summed E-state index contributed by atoms with van der Waals surface area (Å²) in [5.41, 5.74) is 0. The fraction of sp³-hybridized carbons (Fsp3) is 0.900. The van der Waals surface area contributed by atoms with Gasteiger partial charge in [0, 0.05) is 7.05 Å². The fourth-order valence-corrected chi connectivity index (χ4v) is 1.62. The first-order valence-electron chi connectivity index (χ1n) is 5.51. The van der Waals surface area contributed by atoms with Crippen LogP contribution in [0.25, 0.3) is 0 Å². The Labute approximate surface area is 98.1 Å². The second kappa shape index (κ2) is 6.20. The summed E-state index contributed by atoms with van der Waals surface area (Å²) in [6.07, 6.45) is -2.81. The van der Waals surface area contributed by atoms with Gasteiger partial charge >= 0.3 is 6.18 Å². The minimum atomic E-state index is -4.36. The third-order valence-electron chi connectivity index (χ3n) is 2.57. The van der Waals surface area contributed by atoms with Gasteiger partial charge in [0.25, 0.3) is 0 Å². The zero-order valence-electron chi connectivity index (χ0n) is 9.72. The fourth-order valence-electron chi connectivity index (χ4n) is 1.62. The van der Waals surface area contributed by atoms with E-state index in [4.69, 9.17) is 4.74 Å². The van der Waals surface area contributed by atoms with Gasteiger partial charge in [-0.15, -0.1) is 0 Å². The number of nitrogens with one attached hydrogen (secondary N) is 1. The number of piperidine rings is 1. The summed E-state index contributed by atoms with van der Waals surface area (Å²) in [7, 11) is 1.13. The van der Waals surface area contributed by atoms with Crippen LogP contribution in [0.4, 0.5) is 13.2 Å². The van der Waals surface area contributed by atoms with Crippen LogP contribution >= 0.6 is 0 Å². The van der Waals surface area contributed by atoms with Gasteiger partial charge in [0.15, 0.2) is 0 Å². The molecule has 1 heterocycles. The molecule has 1 rings (SSSR count). The monoisotopic (exact) mass is 254 g/mol. The average Bonchev–Trinajstić information content (AvgIpc) is 2.25. The number of carbonyl (C=O) groups excluding carboxylic acids is 1. The molecular weight excluding hydrogens is 237 g/mol. The van der Waals surface area contributed by atoms with Crippen molar-refractivity contribution < 1.29 is 22.7 Å². The summed E-state index contributed by atoms with van der Waals surface area (Å²) in [5.74, 6) is -0.638. The summed E-state index contributed by atoms with van der Waals surface area (Å²) < 4.78 is 41.3. The normalized spacial score (nSPS) is 18.1. The van der Waals surface area contributed by atoms with Crippen LogP contribution < -0.4 is 5.32 Å². The zero-order valence-corrected chi connectivity index (χ0v) is 9.72. The summed E-state index contributed by atoms with van der Waals surface area (Å²) in [6.45, 7) is 0.118. The second-order valence-electron chi connectivity index (χ2n) is 4.13. The van der Waals surface area contributed by atoms with Crippen molar-refractivity contribution in [2.75, 3.05) is 33.3 Å². The van der Waals surface area contributed by atoms with Crippen molar-refractivity contribution in [3.63, 3.8) is 0 Å². The molecule has 1 N–H and O–H groups in total. The third kappa shape index (κ3) is 5.88. The lowest BCUT2D eigenvalue weighted by Crippen LogP contribution is -2.40. The first-order chi connectivity index (χ1) is 7.88. The highest BCUT2D eigenvalue weighted by Gasteiger charge is 2.31. The van der Waals surface area contributed by atoms with E-state index < -0.39 is 18.6 Å². The molecule has 0 bridgehead atoms. The molecule has 0 saturated carbocycles. The minimum absolute atomic E-state index is 0.0283. The summed E-state index contributed by atoms with van der Waals surface area (Å²) in [6, 6.07) is 0. The van der Waals surface area contributed by atoms with Crippen molar-refractivity contribution in [3.05, 3.63) is 0 Å². The average molecular weight is 254 g/mol. The molecular formula is C10H17F3N2O2. The van der Waals surface area contributed by atoms with E-state index in [-0.39, 0.29) is 12.7 Å². The molecule has 1 aliphatic heterocycles. The molecule has 1 fully saturated rings. The number of likely N-dealkylation sites (N-methyl/N-ethyl adjacent to an activating group) is 1. The van der Waals surface area contributed by atoms with E-state index in [0.717, 1.165) is 33.0 Å². The predicted octanol–water partition coefficient (Wildman–Crippen LogP) is 0.776. The van der Waals surface area contributed by atoms with Crippen LogP contribution in [0.5, 0.6) is 0 Å². The highest BCUT2D eigenvalue weighted by atomic mass is 19.4. The molecule has 0 radical (unpaired) electrons. The molecule has 100 valence electrons. The van der Waals surface area contributed by atoms with Gasteiger partial charge in [-0.25, -0.2) is 0 Å². The van der Waals surface area contributed by atoms with Crippen molar-refractivity contribution >= 4 is 5.91 Å². The third-order valence-corrected chi connectivity index (χ3v) is 2.57. The van der Waals surface area contributed by atoms with Crippen molar-refractivity contribution in [1.29, 1.82) is 0 Å². The van der Waals surface area contributed by atoms with Gasteiger partial charge in [-0.05, 0) is 25.9 Å². The Morgan fingerprint density at radius 1 is 1.41 bits per heavy atom. The molecule has 0 aliphatic carbocycles. The van der Waals surface area contributed by atoms with Crippen molar-refractivity contribution in [2.24, 2.45) is 0 Å². The first kappa shape index (κ1) is 14.2. The largest absolute Gasteiger partial charge is 0.406 e. The van der Waals surface area contributed by atoms with Gasteiger partial charge in [0.1, 0.15) is 13.2 Å². The molecule has 0 atom stereocenters. The second-order valence-corrected chi connectivity index (χ2v) is 4.13. The lowest BCUT2D eigenvalue weighted by Gasteiger charge is -2.24. The molecule has 0 aromatic rings. The number of amides is 1. The molecule has 1 amide bonds. The molecule has 0 spiro atoms. The molecule has 0 aromatic heterocycles. The van der Waals surface area contributed by atoms with Crippen molar-refractivity contribution in [2.45, 2.75) is 25.1 Å². The van der Waals surface area contributed by atoms with Crippen LogP contribution in [-0.2, 0) is 9.53 Å². The lowest BCUT2D eigenvalue weighted by molar-refractivity contribution is -0.162. The molecule has 17 heavy (non-hydrogen) atoms. The summed E-state index contributed by atoms with van der Waals surface area (Å²) in [4.78, 5) is 12.0. The molecule has 1 aliphatic rings. The lowest BCUT2D eigenvalue weighted by atomic mass is 10.1. The minimum Gasteiger partial charge on any atom is -0.368 e. The van der Waals surface area contributed by atoms with E-state index in [1.807, 2.05) is 0 Å². The van der Waals surface area contributed by atoms with Crippen molar-refractivity contribution in [1.82, 2.24) is 10.2 Å². The van der Waals surface area contributed by atoms with Crippen LogP contribution in [0.3, 0.4) is 0 Å². The zero-order chi connectivity index (χ0) is 12.9. The number of carbonyl (C=O) groups is 1. The Kier molecular flexibility index (Phi) is 5.20. The number of hydrogen-bond acceptors (Lipinski definition) is 3. The van der Waals surface area contributed by atoms with E-state index in [2.05, 4.69) is 5.32 Å². The molecule has 0 aromatic carbocycles. The van der Waals surface area contributed by atoms with E-state index in [9.17, 15) is 18.0 Å². The Balaban J connectivity index is 2.23. The van der Waals surface area contributed by atoms with Crippen LogP contribution in [0.1, 0.15) is 12.8 Å². The molecule has 7 heteroatoms. The smallest absolute Gasteiger partial charge is 0.368 e. The predicted molar refractivity (Wildman–Crippen MR) is 55.5 cm³/mol. The Hall–Kier alpha value is -0.820. The number of halogens is 3. The summed E-state index contributed by atoms with van der Waals surface area (Å²) in [5, 5.41) is 3.13. The Morgan fingerprint density at radius 3 is 2.53 bits per heavy atom. The maximum Gasteiger partial charge on any atom is 0.406 e. The number of ether oxygens (including phenoxy) is 1. The topological polar surface area (TPSA) is 41.6 Å². The quantitative estimate of drug-likeness (QED) is 0.806. The Bertz CT molecular complexity index is 252. The first-order valence-corrected chi connectivity index (χ1v) is 5.51. The van der Waals surface area contributed by atoms with E-state index >= 15 is 0 Å². The van der Waals surface area contributed by atoms with Crippen molar-refractivity contribution in [3.8, 4) is 0 Å². The SMILES string of the molecule is CN(CC(F)(F)F)C(=O)COC1CCNCC1. The highest BCUT2D eigenvalue weighted by Crippen LogP contribution is 2.15. The van der Waals surface area contributed by atoms with Gasteiger partial charge in [0.05, 0.1) is 6.10 Å². The van der Waals surface area contributed by atoms with Crippen LogP contribution in [-0.4, -0.2) is 56.4 Å². The van der Waals surface area contributed by atoms with Gasteiger partial charge in [0.2, 0.25) is 5.91 Å². The molecule has 4 nitrogen and oxygen atoms in total. The van der Waals surface area contributed by atoms with Gasteiger partial charge < -0.3 is 15.0 Å². The standard InChI is InChI=1S/C10H17F3N2O2/c1-15(7-10(11,12)13)9(16)6-17-8-2-4-14-5-3-8/h8,14H,2-7H2,1H3. The summed E-state index contributed by atoms with van der Waals surface area (Å²) >= 11 is 0. The van der Waals surface area contributed by atoms with Gasteiger partial charge in [-0.2, -0.15) is 13.2 Å². The highest BCUT2D eigenvalue weighted by molar-refractivity contribution is 5.77. The maximum absolute atomic E-state index is 12.0. The van der Waals surface area contributed by atoms with Gasteiger partial charge in [-0.3, -0.25) is 4.79 Å². The molecule has 1 saturated heterocycles. The van der Waals surface area contributed by atoms with E-state index in [0.29, 0.717) is 4.90 Å². The van der Waals surface area contributed by atoms with Crippen LogP contribution in [0.2, 0.25) is 0 Å². The number of nitrogens with zero attached hydrogens (tertiary/aromatic N) is 1. The number of alkyl halides is 3. The number of rotatable bonds is 4. The van der Waals surface area contributed by atoms with E-state index in [1.54, 1.807) is 0 Å². The van der Waals surface area contributed by atoms with Crippen LogP contribution in [0, 0.1) is 0 Å². The molecule has 0 unspecified atom stereocenters.